The Hall–Kier alpha value is -1.39. The highest BCUT2D eigenvalue weighted by molar-refractivity contribution is 5.76. The number of benzene rings is 1. The Morgan fingerprint density at radius 2 is 2.31 bits per heavy atom. The van der Waals surface area contributed by atoms with Crippen LogP contribution in [0.25, 0.3) is 0 Å². The zero-order valence-electron chi connectivity index (χ0n) is 9.14. The fourth-order valence-corrected chi connectivity index (χ4v) is 1.94. The summed E-state index contributed by atoms with van der Waals surface area (Å²) in [5, 5.41) is 12.7. The Bertz CT molecular complexity index is 392. The summed E-state index contributed by atoms with van der Waals surface area (Å²) in [6.07, 6.45) is -0.231. The van der Waals surface area contributed by atoms with Crippen LogP contribution in [0.4, 0.5) is 0 Å². The van der Waals surface area contributed by atoms with Gasteiger partial charge in [-0.2, -0.15) is 0 Å². The van der Waals surface area contributed by atoms with Crippen LogP contribution in [0.1, 0.15) is 24.3 Å². The molecule has 86 valence electrons. The third-order valence-electron chi connectivity index (χ3n) is 2.70. The molecule has 0 bridgehead atoms. The first-order valence-corrected chi connectivity index (χ1v) is 5.41. The molecule has 1 aromatic rings. The van der Waals surface area contributed by atoms with Gasteiger partial charge in [0, 0.05) is 0 Å². The van der Waals surface area contributed by atoms with E-state index in [2.05, 4.69) is 5.32 Å². The van der Waals surface area contributed by atoms with E-state index in [4.69, 9.17) is 4.74 Å². The summed E-state index contributed by atoms with van der Waals surface area (Å²) in [6, 6.07) is 7.10. The maximum atomic E-state index is 11.6. The van der Waals surface area contributed by atoms with Gasteiger partial charge in [0.05, 0.1) is 6.61 Å². The van der Waals surface area contributed by atoms with Crippen molar-refractivity contribution >= 4 is 5.97 Å². The first-order chi connectivity index (χ1) is 7.72. The summed E-state index contributed by atoms with van der Waals surface area (Å²) < 4.78 is 4.93. The topological polar surface area (TPSA) is 58.6 Å². The monoisotopic (exact) mass is 221 g/mol. The Morgan fingerprint density at radius 1 is 1.56 bits per heavy atom. The van der Waals surface area contributed by atoms with Crippen molar-refractivity contribution in [3.63, 3.8) is 0 Å². The number of hydrogen-bond acceptors (Lipinski definition) is 4. The van der Waals surface area contributed by atoms with Crippen molar-refractivity contribution in [1.82, 2.24) is 5.32 Å². The lowest BCUT2D eigenvalue weighted by Gasteiger charge is -2.28. The molecule has 0 amide bonds. The van der Waals surface area contributed by atoms with Gasteiger partial charge in [0.1, 0.15) is 12.3 Å². The third-order valence-corrected chi connectivity index (χ3v) is 2.70. The van der Waals surface area contributed by atoms with E-state index in [-0.39, 0.29) is 5.97 Å². The molecular weight excluding hydrogens is 206 g/mol. The van der Waals surface area contributed by atoms with Crippen LogP contribution in [-0.2, 0) is 16.0 Å². The molecule has 0 spiro atoms. The van der Waals surface area contributed by atoms with E-state index in [1.54, 1.807) is 6.92 Å². The third kappa shape index (κ3) is 2.08. The number of esters is 1. The van der Waals surface area contributed by atoms with Crippen LogP contribution >= 0.6 is 0 Å². The van der Waals surface area contributed by atoms with Crippen molar-refractivity contribution in [2.45, 2.75) is 25.6 Å². The predicted octanol–water partition coefficient (Wildman–Crippen LogP) is 0.755. The first kappa shape index (κ1) is 11.1. The zero-order valence-corrected chi connectivity index (χ0v) is 9.14. The van der Waals surface area contributed by atoms with E-state index in [1.807, 2.05) is 24.3 Å². The molecule has 4 nitrogen and oxygen atoms in total. The minimum Gasteiger partial charge on any atom is -0.465 e. The second-order valence-electron chi connectivity index (χ2n) is 3.78. The van der Waals surface area contributed by atoms with E-state index < -0.39 is 12.3 Å². The van der Waals surface area contributed by atoms with Crippen LogP contribution < -0.4 is 5.32 Å². The molecule has 0 aliphatic carbocycles. The van der Waals surface area contributed by atoms with Crippen molar-refractivity contribution in [3.8, 4) is 0 Å². The van der Waals surface area contributed by atoms with E-state index in [9.17, 15) is 9.90 Å². The number of nitrogens with one attached hydrogen (secondary N) is 1. The molecule has 0 radical (unpaired) electrons. The number of aliphatic hydroxyl groups is 1. The maximum Gasteiger partial charge on any atom is 0.323 e. The number of aliphatic hydroxyl groups excluding tert-OH is 1. The number of fused-ring (bicyclic) bond motifs is 1. The molecule has 16 heavy (non-hydrogen) atoms. The Kier molecular flexibility index (Phi) is 3.22. The minimum atomic E-state index is -0.792. The molecule has 2 rings (SSSR count). The van der Waals surface area contributed by atoms with Crippen LogP contribution in [0.5, 0.6) is 0 Å². The number of carbonyl (C=O) groups is 1. The van der Waals surface area contributed by atoms with E-state index in [0.717, 1.165) is 11.1 Å². The first-order valence-electron chi connectivity index (χ1n) is 5.41. The number of hydrogen-bond donors (Lipinski definition) is 2. The molecule has 2 unspecified atom stereocenters. The smallest absolute Gasteiger partial charge is 0.323 e. The van der Waals surface area contributed by atoms with Gasteiger partial charge in [0.2, 0.25) is 0 Å². The fraction of sp³-hybridized carbons (Fsp3) is 0.417. The molecule has 0 aromatic heterocycles. The van der Waals surface area contributed by atoms with Crippen LogP contribution in [0.3, 0.4) is 0 Å². The summed E-state index contributed by atoms with van der Waals surface area (Å²) in [5.74, 6) is -0.309. The Balaban J connectivity index is 2.18. The van der Waals surface area contributed by atoms with E-state index in [0.29, 0.717) is 13.0 Å². The molecule has 0 saturated heterocycles. The van der Waals surface area contributed by atoms with Gasteiger partial charge < -0.3 is 9.84 Å². The molecule has 1 heterocycles. The molecule has 1 aromatic carbocycles. The molecular formula is C12H15NO3. The van der Waals surface area contributed by atoms with E-state index in [1.165, 1.54) is 0 Å². The van der Waals surface area contributed by atoms with Crippen molar-refractivity contribution in [3.05, 3.63) is 35.4 Å². The van der Waals surface area contributed by atoms with Gasteiger partial charge in [-0.25, -0.2) is 0 Å². The van der Waals surface area contributed by atoms with Crippen LogP contribution in [0.15, 0.2) is 24.3 Å². The van der Waals surface area contributed by atoms with Crippen molar-refractivity contribution in [2.75, 3.05) is 6.61 Å². The van der Waals surface area contributed by atoms with Gasteiger partial charge in [-0.1, -0.05) is 24.3 Å². The molecule has 0 saturated carbocycles. The lowest BCUT2D eigenvalue weighted by Crippen LogP contribution is -2.45. The molecule has 1 aliphatic rings. The summed E-state index contributed by atoms with van der Waals surface area (Å²) in [6.45, 7) is 2.12. The van der Waals surface area contributed by atoms with Crippen LogP contribution in [-0.4, -0.2) is 23.7 Å². The average Bonchev–Trinajstić information content (AvgIpc) is 2.29. The average molecular weight is 221 g/mol. The Labute approximate surface area is 94.2 Å². The maximum absolute atomic E-state index is 11.6. The van der Waals surface area contributed by atoms with Crippen LogP contribution in [0.2, 0.25) is 0 Å². The molecule has 2 atom stereocenters. The van der Waals surface area contributed by atoms with E-state index >= 15 is 0 Å². The fourth-order valence-electron chi connectivity index (χ4n) is 1.94. The second-order valence-corrected chi connectivity index (χ2v) is 3.78. The van der Waals surface area contributed by atoms with Crippen molar-refractivity contribution in [2.24, 2.45) is 0 Å². The molecule has 1 aliphatic heterocycles. The van der Waals surface area contributed by atoms with Crippen molar-refractivity contribution < 1.29 is 14.6 Å². The number of rotatable bonds is 2. The van der Waals surface area contributed by atoms with Crippen LogP contribution in [0, 0.1) is 0 Å². The standard InChI is InChI=1S/C12H15NO3/c1-2-16-12(15)10-7-8-5-3-4-6-9(8)11(14)13-10/h3-6,10-11,13-14H,2,7H2,1H3. The lowest BCUT2D eigenvalue weighted by atomic mass is 9.95. The van der Waals surface area contributed by atoms with Crippen molar-refractivity contribution in [1.29, 1.82) is 0 Å². The predicted molar refractivity (Wildman–Crippen MR) is 58.7 cm³/mol. The lowest BCUT2D eigenvalue weighted by molar-refractivity contribution is -0.147. The second kappa shape index (κ2) is 4.63. The van der Waals surface area contributed by atoms with Gasteiger partial charge >= 0.3 is 5.97 Å². The SMILES string of the molecule is CCOC(=O)C1Cc2ccccc2C(O)N1. The number of ether oxygens (including phenoxy) is 1. The number of carbonyl (C=O) groups excluding carboxylic acids is 1. The molecule has 4 heteroatoms. The summed E-state index contributed by atoms with van der Waals surface area (Å²) >= 11 is 0. The highest BCUT2D eigenvalue weighted by Crippen LogP contribution is 2.23. The van der Waals surface area contributed by atoms with Gasteiger partial charge in [-0.15, -0.1) is 0 Å². The molecule has 0 fully saturated rings. The summed E-state index contributed by atoms with van der Waals surface area (Å²) in [5.41, 5.74) is 1.83. The van der Waals surface area contributed by atoms with Gasteiger partial charge in [-0.05, 0) is 24.5 Å². The summed E-state index contributed by atoms with van der Waals surface area (Å²) in [7, 11) is 0. The largest absolute Gasteiger partial charge is 0.465 e. The Morgan fingerprint density at radius 3 is 3.06 bits per heavy atom. The summed E-state index contributed by atoms with van der Waals surface area (Å²) in [4.78, 5) is 11.6. The highest BCUT2D eigenvalue weighted by atomic mass is 16.5. The normalized spacial score (nSPS) is 23.6. The molecule has 2 N–H and O–H groups in total. The quantitative estimate of drug-likeness (QED) is 0.724. The van der Waals surface area contributed by atoms with Gasteiger partial charge in [-0.3, -0.25) is 10.1 Å². The zero-order chi connectivity index (χ0) is 11.5. The highest BCUT2D eigenvalue weighted by Gasteiger charge is 2.29. The minimum absolute atomic E-state index is 0.309. The van der Waals surface area contributed by atoms with Gasteiger partial charge in [0.25, 0.3) is 0 Å². The van der Waals surface area contributed by atoms with Gasteiger partial charge in [0.15, 0.2) is 0 Å².